The topological polar surface area (TPSA) is 37.0 Å². The number of rotatable bonds is 10. The number of nitrogens with zero attached hydrogens (tertiary/aromatic N) is 1. The second-order valence-corrected chi connectivity index (χ2v) is 7.47. The maximum Gasteiger partial charge on any atom is 0.126 e. The molecule has 0 amide bonds. The minimum Gasteiger partial charge on any atom is -0.381 e. The van der Waals surface area contributed by atoms with Crippen molar-refractivity contribution >= 4 is 11.5 Å². The number of pyridine rings is 1. The Balaban J connectivity index is 2.39. The summed E-state index contributed by atoms with van der Waals surface area (Å²) in [7, 11) is 0. The minimum absolute atomic E-state index is 0.471. The molecule has 3 heteroatoms. The van der Waals surface area contributed by atoms with E-state index in [9.17, 15) is 0 Å². The number of anilines is 2. The normalized spacial score (nSPS) is 14.2. The van der Waals surface area contributed by atoms with Gasteiger partial charge in [-0.2, -0.15) is 0 Å². The van der Waals surface area contributed by atoms with Crippen molar-refractivity contribution in [2.24, 2.45) is 11.8 Å². The van der Waals surface area contributed by atoms with E-state index in [4.69, 9.17) is 0 Å². The lowest BCUT2D eigenvalue weighted by molar-refractivity contribution is 0.526. The van der Waals surface area contributed by atoms with Crippen molar-refractivity contribution in [3.63, 3.8) is 0 Å². The van der Waals surface area contributed by atoms with Crippen LogP contribution in [-0.2, 0) is 0 Å². The Morgan fingerprint density at radius 1 is 0.773 bits per heavy atom. The molecular weight excluding hydrogens is 270 g/mol. The SMILES string of the molecule is CC(C)CCC(C)Nc1ccc(NC(C)CCC(C)C)nc1. The molecule has 1 rings (SSSR count). The molecule has 2 N–H and O–H groups in total. The summed E-state index contributed by atoms with van der Waals surface area (Å²) < 4.78 is 0. The lowest BCUT2D eigenvalue weighted by atomic mass is 10.0. The van der Waals surface area contributed by atoms with Gasteiger partial charge in [-0.1, -0.05) is 27.7 Å². The van der Waals surface area contributed by atoms with Crippen LogP contribution in [-0.4, -0.2) is 17.1 Å². The van der Waals surface area contributed by atoms with Gasteiger partial charge in [0.1, 0.15) is 5.82 Å². The van der Waals surface area contributed by atoms with E-state index < -0.39 is 0 Å². The number of aromatic nitrogens is 1. The molecule has 0 spiro atoms. The van der Waals surface area contributed by atoms with Crippen LogP contribution < -0.4 is 10.6 Å². The fraction of sp³-hybridized carbons (Fsp3) is 0.737. The van der Waals surface area contributed by atoms with E-state index >= 15 is 0 Å². The van der Waals surface area contributed by atoms with Crippen LogP contribution in [0, 0.1) is 11.8 Å². The number of hydrogen-bond acceptors (Lipinski definition) is 3. The highest BCUT2D eigenvalue weighted by Gasteiger charge is 2.06. The summed E-state index contributed by atoms with van der Waals surface area (Å²) in [6.45, 7) is 13.6. The van der Waals surface area contributed by atoms with Crippen molar-refractivity contribution in [1.82, 2.24) is 4.98 Å². The molecule has 3 nitrogen and oxygen atoms in total. The summed E-state index contributed by atoms with van der Waals surface area (Å²) in [5, 5.41) is 7.01. The van der Waals surface area contributed by atoms with Gasteiger partial charge in [0.2, 0.25) is 0 Å². The van der Waals surface area contributed by atoms with E-state index in [0.29, 0.717) is 12.1 Å². The van der Waals surface area contributed by atoms with E-state index in [0.717, 1.165) is 23.3 Å². The molecule has 0 aliphatic rings. The number of hydrogen-bond donors (Lipinski definition) is 2. The van der Waals surface area contributed by atoms with Crippen molar-refractivity contribution in [3.05, 3.63) is 18.3 Å². The van der Waals surface area contributed by atoms with Crippen molar-refractivity contribution in [2.75, 3.05) is 10.6 Å². The second kappa shape index (κ2) is 9.70. The minimum atomic E-state index is 0.471. The zero-order valence-corrected chi connectivity index (χ0v) is 15.3. The van der Waals surface area contributed by atoms with Crippen molar-refractivity contribution < 1.29 is 0 Å². The third-order valence-corrected chi connectivity index (χ3v) is 3.92. The van der Waals surface area contributed by atoms with Gasteiger partial charge >= 0.3 is 0 Å². The first-order valence-corrected chi connectivity index (χ1v) is 8.86. The summed E-state index contributed by atoms with van der Waals surface area (Å²) in [6.07, 6.45) is 6.83. The summed E-state index contributed by atoms with van der Waals surface area (Å²) in [4.78, 5) is 4.52. The molecule has 22 heavy (non-hydrogen) atoms. The highest BCUT2D eigenvalue weighted by molar-refractivity contribution is 5.48. The first kappa shape index (κ1) is 18.8. The van der Waals surface area contributed by atoms with Gasteiger partial charge in [-0.25, -0.2) is 4.98 Å². The van der Waals surface area contributed by atoms with Crippen LogP contribution in [0.2, 0.25) is 0 Å². The maximum atomic E-state index is 4.52. The molecule has 0 bridgehead atoms. The van der Waals surface area contributed by atoms with Gasteiger partial charge in [0.15, 0.2) is 0 Å². The standard InChI is InChI=1S/C19H35N3/c1-14(2)7-9-16(5)21-18-11-12-19(20-13-18)22-17(6)10-8-15(3)4/h11-17,21H,7-10H2,1-6H3,(H,20,22). The van der Waals surface area contributed by atoms with Gasteiger partial charge < -0.3 is 10.6 Å². The molecule has 0 fully saturated rings. The molecule has 1 aromatic rings. The quantitative estimate of drug-likeness (QED) is 0.594. The zero-order chi connectivity index (χ0) is 16.5. The van der Waals surface area contributed by atoms with Gasteiger partial charge in [0.25, 0.3) is 0 Å². The van der Waals surface area contributed by atoms with Crippen molar-refractivity contribution in [3.8, 4) is 0 Å². The van der Waals surface area contributed by atoms with Gasteiger partial charge in [-0.15, -0.1) is 0 Å². The van der Waals surface area contributed by atoms with E-state index in [-0.39, 0.29) is 0 Å². The maximum absolute atomic E-state index is 4.52. The number of nitrogens with one attached hydrogen (secondary N) is 2. The van der Waals surface area contributed by atoms with Crippen LogP contribution in [0.3, 0.4) is 0 Å². The first-order chi connectivity index (χ1) is 10.4. The van der Waals surface area contributed by atoms with Crippen LogP contribution in [0.25, 0.3) is 0 Å². The Labute approximate surface area is 137 Å². The Morgan fingerprint density at radius 3 is 1.77 bits per heavy atom. The predicted molar refractivity (Wildman–Crippen MR) is 98.6 cm³/mol. The van der Waals surface area contributed by atoms with E-state index in [1.165, 1.54) is 25.7 Å². The molecule has 1 heterocycles. The molecule has 0 aliphatic carbocycles. The molecular formula is C19H35N3. The zero-order valence-electron chi connectivity index (χ0n) is 15.3. The van der Waals surface area contributed by atoms with Crippen molar-refractivity contribution in [1.29, 1.82) is 0 Å². The van der Waals surface area contributed by atoms with Gasteiger partial charge in [0, 0.05) is 12.1 Å². The van der Waals surface area contributed by atoms with Gasteiger partial charge in [0.05, 0.1) is 11.9 Å². The largest absolute Gasteiger partial charge is 0.381 e. The lowest BCUT2D eigenvalue weighted by Gasteiger charge is -2.18. The van der Waals surface area contributed by atoms with Crippen LogP contribution in [0.1, 0.15) is 67.2 Å². The summed E-state index contributed by atoms with van der Waals surface area (Å²) in [5.41, 5.74) is 1.11. The molecule has 126 valence electrons. The molecule has 2 atom stereocenters. The Kier molecular flexibility index (Phi) is 8.29. The summed E-state index contributed by atoms with van der Waals surface area (Å²) in [5.74, 6) is 2.49. The van der Waals surface area contributed by atoms with Crippen LogP contribution >= 0.6 is 0 Å². The summed E-state index contributed by atoms with van der Waals surface area (Å²) in [6, 6.07) is 5.16. The average molecular weight is 306 g/mol. The van der Waals surface area contributed by atoms with E-state index in [1.54, 1.807) is 0 Å². The highest BCUT2D eigenvalue weighted by atomic mass is 15.0. The molecule has 0 aromatic carbocycles. The van der Waals surface area contributed by atoms with Gasteiger partial charge in [-0.3, -0.25) is 0 Å². The lowest BCUT2D eigenvalue weighted by Crippen LogP contribution is -2.18. The molecule has 0 radical (unpaired) electrons. The fourth-order valence-electron chi connectivity index (χ4n) is 2.41. The molecule has 0 aliphatic heterocycles. The fourth-order valence-corrected chi connectivity index (χ4v) is 2.41. The molecule has 2 unspecified atom stereocenters. The van der Waals surface area contributed by atoms with Crippen LogP contribution in [0.4, 0.5) is 11.5 Å². The third kappa shape index (κ3) is 8.26. The highest BCUT2D eigenvalue weighted by Crippen LogP contribution is 2.16. The third-order valence-electron chi connectivity index (χ3n) is 3.92. The van der Waals surface area contributed by atoms with E-state index in [1.807, 2.05) is 6.20 Å². The molecule has 1 aromatic heterocycles. The second-order valence-electron chi connectivity index (χ2n) is 7.47. The Morgan fingerprint density at radius 2 is 1.32 bits per heavy atom. The Hall–Kier alpha value is -1.25. The van der Waals surface area contributed by atoms with E-state index in [2.05, 4.69) is 69.3 Å². The Bertz CT molecular complexity index is 359. The predicted octanol–water partition coefficient (Wildman–Crippen LogP) is 5.55. The van der Waals surface area contributed by atoms with Crippen LogP contribution in [0.5, 0.6) is 0 Å². The first-order valence-electron chi connectivity index (χ1n) is 8.86. The van der Waals surface area contributed by atoms with Crippen molar-refractivity contribution in [2.45, 2.75) is 79.3 Å². The van der Waals surface area contributed by atoms with Crippen LogP contribution in [0.15, 0.2) is 18.3 Å². The summed E-state index contributed by atoms with van der Waals surface area (Å²) >= 11 is 0. The van der Waals surface area contributed by atoms with Gasteiger partial charge in [-0.05, 0) is 63.5 Å². The molecule has 0 saturated carbocycles. The average Bonchev–Trinajstić information content (AvgIpc) is 2.45. The molecule has 0 saturated heterocycles. The smallest absolute Gasteiger partial charge is 0.126 e. The monoisotopic (exact) mass is 305 g/mol.